The zero-order valence-electron chi connectivity index (χ0n) is 21.8. The van der Waals surface area contributed by atoms with Crippen molar-refractivity contribution in [1.82, 2.24) is 14.5 Å². The number of amides is 3. The Morgan fingerprint density at radius 1 is 0.974 bits per heavy atom. The molecule has 2 aromatic carbocycles. The molecule has 1 heterocycles. The van der Waals surface area contributed by atoms with E-state index in [1.54, 1.807) is 12.1 Å². The number of sulfonamides is 1. The molecule has 4 rings (SSSR count). The Bertz CT molecular complexity index is 1230. The Balaban J connectivity index is 1.62. The van der Waals surface area contributed by atoms with Crippen molar-refractivity contribution in [2.45, 2.75) is 75.0 Å². The lowest BCUT2D eigenvalue weighted by molar-refractivity contribution is -0.131. The van der Waals surface area contributed by atoms with E-state index in [1.165, 1.54) is 4.90 Å². The molecule has 2 aromatic rings. The second kappa shape index (κ2) is 11.8. The quantitative estimate of drug-likeness (QED) is 0.512. The van der Waals surface area contributed by atoms with Gasteiger partial charge >= 0.3 is 6.03 Å². The van der Waals surface area contributed by atoms with Crippen molar-refractivity contribution in [3.63, 3.8) is 0 Å². The summed E-state index contributed by atoms with van der Waals surface area (Å²) in [6.07, 6.45) is 1.80. The van der Waals surface area contributed by atoms with Crippen LogP contribution >= 0.6 is 0 Å². The first kappa shape index (κ1) is 28.0. The lowest BCUT2D eigenvalue weighted by atomic mass is 9.92. The van der Waals surface area contributed by atoms with Crippen molar-refractivity contribution in [1.29, 1.82) is 0 Å². The predicted octanol–water partition coefficient (Wildman–Crippen LogP) is 3.59. The molecule has 11 heteroatoms. The summed E-state index contributed by atoms with van der Waals surface area (Å²) in [5, 5.41) is 5.77. The van der Waals surface area contributed by atoms with Crippen LogP contribution in [0.25, 0.3) is 0 Å². The molecule has 3 amide bonds. The van der Waals surface area contributed by atoms with E-state index in [0.717, 1.165) is 47.0 Å². The summed E-state index contributed by atoms with van der Waals surface area (Å²) in [5.74, 6) is -0.812. The Morgan fingerprint density at radius 3 is 2.21 bits per heavy atom. The number of anilines is 1. The molecule has 1 saturated carbocycles. The van der Waals surface area contributed by atoms with Crippen LogP contribution in [0.1, 0.15) is 57.4 Å². The second-order valence-electron chi connectivity index (χ2n) is 10.3. The van der Waals surface area contributed by atoms with Gasteiger partial charge < -0.3 is 16.4 Å². The normalized spacial score (nSPS) is 22.8. The third kappa shape index (κ3) is 6.33. The molecule has 0 spiro atoms. The molecule has 1 saturated heterocycles. The Kier molecular flexibility index (Phi) is 8.69. The number of hydrogen-bond acceptors (Lipinski definition) is 5. The minimum absolute atomic E-state index is 0.0419. The molecule has 1 aliphatic carbocycles. The van der Waals surface area contributed by atoms with Crippen LogP contribution in [0.15, 0.2) is 53.4 Å². The van der Waals surface area contributed by atoms with Gasteiger partial charge in [0, 0.05) is 30.9 Å². The van der Waals surface area contributed by atoms with E-state index >= 15 is 0 Å². The van der Waals surface area contributed by atoms with Crippen LogP contribution in [0.2, 0.25) is 0 Å². The van der Waals surface area contributed by atoms with Gasteiger partial charge in [0.1, 0.15) is 5.82 Å². The van der Waals surface area contributed by atoms with Crippen LogP contribution in [-0.4, -0.2) is 60.9 Å². The van der Waals surface area contributed by atoms with Crippen molar-refractivity contribution in [2.24, 2.45) is 5.73 Å². The van der Waals surface area contributed by atoms with Gasteiger partial charge in [-0.25, -0.2) is 17.6 Å². The van der Waals surface area contributed by atoms with Gasteiger partial charge in [-0.15, -0.1) is 0 Å². The monoisotopic (exact) mass is 545 g/mol. The molecule has 1 atom stereocenters. The van der Waals surface area contributed by atoms with Crippen molar-refractivity contribution in [3.05, 3.63) is 59.9 Å². The maximum absolute atomic E-state index is 13.6. The zero-order valence-corrected chi connectivity index (χ0v) is 22.6. The topological polar surface area (TPSA) is 125 Å². The molecular formula is C27H36FN5O4S. The molecule has 2 aliphatic rings. The van der Waals surface area contributed by atoms with Gasteiger partial charge in [-0.1, -0.05) is 26.0 Å². The fourth-order valence-corrected chi connectivity index (χ4v) is 6.55. The predicted molar refractivity (Wildman–Crippen MR) is 143 cm³/mol. The molecule has 9 nitrogen and oxygen atoms in total. The van der Waals surface area contributed by atoms with Crippen LogP contribution in [0.5, 0.6) is 0 Å². The fourth-order valence-electron chi connectivity index (χ4n) is 4.96. The molecule has 1 unspecified atom stereocenters. The van der Waals surface area contributed by atoms with Crippen molar-refractivity contribution < 1.29 is 22.4 Å². The number of urea groups is 1. The summed E-state index contributed by atoms with van der Waals surface area (Å²) in [6, 6.07) is 11.2. The molecule has 4 N–H and O–H groups in total. The van der Waals surface area contributed by atoms with Crippen molar-refractivity contribution in [2.75, 3.05) is 18.4 Å². The number of rotatable bonds is 6. The smallest absolute Gasteiger partial charge is 0.323 e. The maximum atomic E-state index is 13.6. The number of carbonyl (C=O) groups is 2. The minimum Gasteiger partial charge on any atom is -0.350 e. The number of hydrogen-bond donors (Lipinski definition) is 3. The third-order valence-electron chi connectivity index (χ3n) is 7.21. The van der Waals surface area contributed by atoms with E-state index in [2.05, 4.69) is 24.5 Å². The molecule has 0 radical (unpaired) electrons. The minimum atomic E-state index is -4.21. The Labute approximate surface area is 223 Å². The van der Waals surface area contributed by atoms with Gasteiger partial charge in [-0.2, -0.15) is 4.31 Å². The summed E-state index contributed by atoms with van der Waals surface area (Å²) < 4.78 is 41.8. The van der Waals surface area contributed by atoms with Gasteiger partial charge in [0.05, 0.1) is 4.90 Å². The van der Waals surface area contributed by atoms with Crippen LogP contribution < -0.4 is 16.4 Å². The first-order valence-electron chi connectivity index (χ1n) is 13.1. The average molecular weight is 546 g/mol. The van der Waals surface area contributed by atoms with E-state index in [9.17, 15) is 22.4 Å². The highest BCUT2D eigenvalue weighted by molar-refractivity contribution is 7.89. The summed E-state index contributed by atoms with van der Waals surface area (Å²) in [4.78, 5) is 28.2. The van der Waals surface area contributed by atoms with Crippen molar-refractivity contribution in [3.8, 4) is 0 Å². The van der Waals surface area contributed by atoms with Crippen molar-refractivity contribution >= 4 is 27.6 Å². The third-order valence-corrected chi connectivity index (χ3v) is 9.08. The lowest BCUT2D eigenvalue weighted by Crippen LogP contribution is -2.65. The number of halogens is 1. The van der Waals surface area contributed by atoms with E-state index in [1.807, 2.05) is 12.1 Å². The maximum Gasteiger partial charge on any atom is 0.323 e. The van der Waals surface area contributed by atoms with Crippen LogP contribution in [0.3, 0.4) is 0 Å². The van der Waals surface area contributed by atoms with Gasteiger partial charge in [-0.3, -0.25) is 9.69 Å². The highest BCUT2D eigenvalue weighted by atomic mass is 32.2. The number of nitrogens with zero attached hydrogens (tertiary/aromatic N) is 2. The van der Waals surface area contributed by atoms with Gasteiger partial charge in [0.25, 0.3) is 5.91 Å². The number of benzene rings is 2. The molecule has 0 aromatic heterocycles. The Hall–Kier alpha value is -3.02. The highest BCUT2D eigenvalue weighted by Crippen LogP contribution is 2.27. The second-order valence-corrected chi connectivity index (χ2v) is 12.2. The Morgan fingerprint density at radius 2 is 1.61 bits per heavy atom. The van der Waals surface area contributed by atoms with Gasteiger partial charge in [0.15, 0.2) is 6.17 Å². The molecule has 0 bridgehead atoms. The van der Waals surface area contributed by atoms with Crippen LogP contribution in [0.4, 0.5) is 14.9 Å². The number of nitrogens with one attached hydrogen (secondary N) is 2. The summed E-state index contributed by atoms with van der Waals surface area (Å²) in [7, 11) is -4.21. The van der Waals surface area contributed by atoms with E-state index in [4.69, 9.17) is 5.73 Å². The van der Waals surface area contributed by atoms with Crippen LogP contribution in [0, 0.1) is 5.82 Å². The first-order chi connectivity index (χ1) is 18.1. The summed E-state index contributed by atoms with van der Waals surface area (Å²) in [5.41, 5.74) is 7.65. The molecule has 1 aliphatic heterocycles. The lowest BCUT2D eigenvalue weighted by Gasteiger charge is -2.42. The first-order valence-corrected chi connectivity index (χ1v) is 14.5. The highest BCUT2D eigenvalue weighted by Gasteiger charge is 2.44. The molecule has 206 valence electrons. The van der Waals surface area contributed by atoms with Gasteiger partial charge in [0.2, 0.25) is 10.0 Å². The molecular weight excluding hydrogens is 509 g/mol. The van der Waals surface area contributed by atoms with E-state index in [0.29, 0.717) is 30.9 Å². The molecule has 38 heavy (non-hydrogen) atoms. The molecule has 2 fully saturated rings. The summed E-state index contributed by atoms with van der Waals surface area (Å²) in [6.45, 7) is 4.38. The van der Waals surface area contributed by atoms with Crippen LogP contribution in [-0.2, 0) is 14.8 Å². The number of nitrogens with two attached hydrogens (primary N) is 1. The largest absolute Gasteiger partial charge is 0.350 e. The van der Waals surface area contributed by atoms with E-state index < -0.39 is 33.9 Å². The zero-order chi connectivity index (χ0) is 27.4. The average Bonchev–Trinajstić information content (AvgIpc) is 2.90. The summed E-state index contributed by atoms with van der Waals surface area (Å²) >= 11 is 0. The fraction of sp³-hybridized carbons (Fsp3) is 0.481. The van der Waals surface area contributed by atoms with Gasteiger partial charge in [-0.05, 0) is 80.0 Å². The standard InChI is InChI=1S/C27H36FN5O4S/c1-18(2)19-4-10-23(11-5-19)31-27(35)32-16-3-17-33(38(36,37)24-14-6-20(28)7-15-24)26(32)25(34)30-22-12-8-21(29)9-13-22/h4-7,10-11,14-15,18,21-22,26H,3,8-9,12-13,16-17,29H2,1-2H3,(H,30,34)(H,31,35). The number of carbonyl (C=O) groups excluding carboxylic acids is 2. The SMILES string of the molecule is CC(C)c1ccc(NC(=O)N2CCCN(S(=O)(=O)c3ccc(F)cc3)C2C(=O)NC2CCC(N)CC2)cc1. The van der Waals surface area contributed by atoms with E-state index in [-0.39, 0.29) is 30.1 Å².